The number of allylic oxidation sites excluding steroid dienone is 4. The summed E-state index contributed by atoms with van der Waals surface area (Å²) >= 11 is 0. The molecule has 0 aliphatic carbocycles. The summed E-state index contributed by atoms with van der Waals surface area (Å²) in [6, 6.07) is 8.68. The molecule has 1 aromatic rings. The van der Waals surface area contributed by atoms with Crippen LogP contribution in [0.4, 0.5) is 0 Å². The third-order valence-corrected chi connectivity index (χ3v) is 2.85. The molecule has 0 radical (unpaired) electrons. The standard InChI is InChI=1S/C16H20/c1-5-13-9-11-15(12-10-13)16(8-4)14(6-2)7-3/h6,8-12H,2,4-5,7H2,1,3H3/b16-14-. The van der Waals surface area contributed by atoms with E-state index in [4.69, 9.17) is 0 Å². The van der Waals surface area contributed by atoms with Crippen LogP contribution in [0.15, 0.2) is 55.1 Å². The first-order valence-electron chi connectivity index (χ1n) is 5.84. The Morgan fingerprint density at radius 3 is 2.06 bits per heavy atom. The number of benzene rings is 1. The van der Waals surface area contributed by atoms with Crippen molar-refractivity contribution in [1.29, 1.82) is 0 Å². The normalized spacial score (nSPS) is 11.9. The van der Waals surface area contributed by atoms with Gasteiger partial charge in [-0.15, -0.1) is 0 Å². The predicted octanol–water partition coefficient (Wildman–Crippen LogP) is 4.78. The lowest BCUT2D eigenvalue weighted by Crippen LogP contribution is -1.88. The van der Waals surface area contributed by atoms with E-state index in [1.165, 1.54) is 22.3 Å². The lowest BCUT2D eigenvalue weighted by atomic mass is 9.97. The lowest BCUT2D eigenvalue weighted by Gasteiger charge is -2.08. The molecule has 0 spiro atoms. The summed E-state index contributed by atoms with van der Waals surface area (Å²) in [6.45, 7) is 12.1. The van der Waals surface area contributed by atoms with Gasteiger partial charge in [-0.25, -0.2) is 0 Å². The molecule has 0 amide bonds. The molecular formula is C16H20. The molecule has 0 aromatic heterocycles. The fraction of sp³-hybridized carbons (Fsp3) is 0.250. The highest BCUT2D eigenvalue weighted by Gasteiger charge is 2.02. The number of aryl methyl sites for hydroxylation is 1. The molecule has 16 heavy (non-hydrogen) atoms. The van der Waals surface area contributed by atoms with E-state index < -0.39 is 0 Å². The van der Waals surface area contributed by atoms with E-state index in [-0.39, 0.29) is 0 Å². The van der Waals surface area contributed by atoms with Crippen molar-refractivity contribution in [1.82, 2.24) is 0 Å². The van der Waals surface area contributed by atoms with Crippen LogP contribution >= 0.6 is 0 Å². The molecule has 0 heterocycles. The van der Waals surface area contributed by atoms with Gasteiger partial charge in [0.25, 0.3) is 0 Å². The second-order valence-corrected chi connectivity index (χ2v) is 3.75. The number of rotatable bonds is 5. The van der Waals surface area contributed by atoms with Crippen molar-refractivity contribution in [2.45, 2.75) is 26.7 Å². The Bertz CT molecular complexity index is 391. The molecule has 0 saturated carbocycles. The Labute approximate surface area is 99.0 Å². The van der Waals surface area contributed by atoms with Gasteiger partial charge in [0.15, 0.2) is 0 Å². The van der Waals surface area contributed by atoms with Crippen LogP contribution in [0, 0.1) is 0 Å². The Morgan fingerprint density at radius 2 is 1.69 bits per heavy atom. The summed E-state index contributed by atoms with van der Waals surface area (Å²) in [7, 11) is 0. The zero-order valence-corrected chi connectivity index (χ0v) is 10.3. The van der Waals surface area contributed by atoms with Gasteiger partial charge in [0.1, 0.15) is 0 Å². The smallest absolute Gasteiger partial charge is 0.0158 e. The molecular weight excluding hydrogens is 192 g/mol. The van der Waals surface area contributed by atoms with Gasteiger partial charge < -0.3 is 0 Å². The van der Waals surface area contributed by atoms with E-state index in [0.29, 0.717) is 0 Å². The monoisotopic (exact) mass is 212 g/mol. The Balaban J connectivity index is 3.18. The van der Waals surface area contributed by atoms with Crippen molar-refractivity contribution in [3.05, 3.63) is 66.3 Å². The zero-order valence-electron chi connectivity index (χ0n) is 10.3. The first kappa shape index (κ1) is 12.5. The van der Waals surface area contributed by atoms with E-state index in [0.717, 1.165) is 12.8 Å². The van der Waals surface area contributed by atoms with Gasteiger partial charge in [0.05, 0.1) is 0 Å². The first-order chi connectivity index (χ1) is 7.76. The average Bonchev–Trinajstić information content (AvgIpc) is 2.36. The van der Waals surface area contributed by atoms with Crippen molar-refractivity contribution in [3.63, 3.8) is 0 Å². The van der Waals surface area contributed by atoms with Crippen LogP contribution in [0.3, 0.4) is 0 Å². The largest absolute Gasteiger partial charge is 0.0988 e. The molecule has 0 N–H and O–H groups in total. The van der Waals surface area contributed by atoms with E-state index >= 15 is 0 Å². The van der Waals surface area contributed by atoms with E-state index in [1.54, 1.807) is 0 Å². The summed E-state index contributed by atoms with van der Waals surface area (Å²) in [6.07, 6.45) is 5.90. The molecule has 0 atom stereocenters. The number of hydrogen-bond donors (Lipinski definition) is 0. The van der Waals surface area contributed by atoms with Gasteiger partial charge in [-0.2, -0.15) is 0 Å². The second-order valence-electron chi connectivity index (χ2n) is 3.75. The molecule has 0 fully saturated rings. The van der Waals surface area contributed by atoms with E-state index in [1.807, 2.05) is 12.2 Å². The summed E-state index contributed by atoms with van der Waals surface area (Å²) in [5, 5.41) is 0. The van der Waals surface area contributed by atoms with Crippen molar-refractivity contribution in [3.8, 4) is 0 Å². The molecule has 0 heteroatoms. The van der Waals surface area contributed by atoms with Crippen LogP contribution in [0.25, 0.3) is 5.57 Å². The van der Waals surface area contributed by atoms with E-state index in [9.17, 15) is 0 Å². The van der Waals surface area contributed by atoms with Crippen LogP contribution in [0.5, 0.6) is 0 Å². The maximum atomic E-state index is 3.89. The zero-order chi connectivity index (χ0) is 12.0. The van der Waals surface area contributed by atoms with E-state index in [2.05, 4.69) is 51.3 Å². The highest BCUT2D eigenvalue weighted by atomic mass is 14.1. The van der Waals surface area contributed by atoms with Gasteiger partial charge in [-0.1, -0.05) is 63.4 Å². The summed E-state index contributed by atoms with van der Waals surface area (Å²) in [5.74, 6) is 0. The Morgan fingerprint density at radius 1 is 1.06 bits per heavy atom. The van der Waals surface area contributed by atoms with Crippen LogP contribution in [0.2, 0.25) is 0 Å². The molecule has 0 aliphatic rings. The minimum atomic E-state index is 0.986. The molecule has 84 valence electrons. The summed E-state index contributed by atoms with van der Waals surface area (Å²) in [4.78, 5) is 0. The lowest BCUT2D eigenvalue weighted by molar-refractivity contribution is 1.14. The second kappa shape index (κ2) is 6.12. The third-order valence-electron chi connectivity index (χ3n) is 2.85. The predicted molar refractivity (Wildman–Crippen MR) is 73.4 cm³/mol. The van der Waals surface area contributed by atoms with Crippen LogP contribution in [-0.2, 0) is 6.42 Å². The topological polar surface area (TPSA) is 0 Å². The van der Waals surface area contributed by atoms with Crippen molar-refractivity contribution >= 4 is 5.57 Å². The maximum absolute atomic E-state index is 3.89. The highest BCUT2D eigenvalue weighted by Crippen LogP contribution is 2.23. The Hall–Kier alpha value is -1.56. The van der Waals surface area contributed by atoms with Crippen molar-refractivity contribution in [2.75, 3.05) is 0 Å². The molecule has 0 nitrogen and oxygen atoms in total. The molecule has 0 saturated heterocycles. The van der Waals surface area contributed by atoms with Gasteiger partial charge >= 0.3 is 0 Å². The SMILES string of the molecule is C=C/C(CC)=C(\C=C)c1ccc(CC)cc1. The number of hydrogen-bond acceptors (Lipinski definition) is 0. The quantitative estimate of drug-likeness (QED) is 0.616. The minimum absolute atomic E-state index is 0.986. The third kappa shape index (κ3) is 2.73. The average molecular weight is 212 g/mol. The molecule has 0 aliphatic heterocycles. The van der Waals surface area contributed by atoms with Gasteiger partial charge in [-0.3, -0.25) is 0 Å². The molecule has 1 aromatic carbocycles. The Kier molecular flexibility index (Phi) is 4.78. The van der Waals surface area contributed by atoms with Crippen molar-refractivity contribution in [2.24, 2.45) is 0 Å². The fourth-order valence-electron chi connectivity index (χ4n) is 1.80. The van der Waals surface area contributed by atoms with Gasteiger partial charge in [0, 0.05) is 0 Å². The maximum Gasteiger partial charge on any atom is -0.0158 e. The summed E-state index contributed by atoms with van der Waals surface area (Å²) < 4.78 is 0. The fourth-order valence-corrected chi connectivity index (χ4v) is 1.80. The molecule has 0 bridgehead atoms. The molecule has 0 unspecified atom stereocenters. The summed E-state index contributed by atoms with van der Waals surface area (Å²) in [5.41, 5.74) is 5.03. The first-order valence-corrected chi connectivity index (χ1v) is 5.84. The van der Waals surface area contributed by atoms with Crippen LogP contribution in [0.1, 0.15) is 31.4 Å². The highest BCUT2D eigenvalue weighted by molar-refractivity contribution is 5.77. The van der Waals surface area contributed by atoms with Crippen LogP contribution < -0.4 is 0 Å². The van der Waals surface area contributed by atoms with Crippen molar-refractivity contribution < 1.29 is 0 Å². The molecule has 1 rings (SSSR count). The van der Waals surface area contributed by atoms with Gasteiger partial charge in [-0.05, 0) is 35.1 Å². The van der Waals surface area contributed by atoms with Gasteiger partial charge in [0.2, 0.25) is 0 Å². The van der Waals surface area contributed by atoms with Crippen LogP contribution in [-0.4, -0.2) is 0 Å². The minimum Gasteiger partial charge on any atom is -0.0988 e.